The third-order valence-corrected chi connectivity index (χ3v) is 3.51. The van der Waals surface area contributed by atoms with Gasteiger partial charge in [-0.25, -0.2) is 0 Å². The summed E-state index contributed by atoms with van der Waals surface area (Å²) in [7, 11) is 0. The molecule has 1 aromatic rings. The summed E-state index contributed by atoms with van der Waals surface area (Å²) < 4.78 is 5.66. The highest BCUT2D eigenvalue weighted by Crippen LogP contribution is 2.16. The molecule has 2 rings (SSSR count). The van der Waals surface area contributed by atoms with Crippen molar-refractivity contribution in [3.8, 4) is 0 Å². The number of pyridine rings is 1. The molecule has 1 fully saturated rings. The second kappa shape index (κ2) is 6.83. The predicted octanol–water partition coefficient (Wildman–Crippen LogP) is 1.54. The van der Waals surface area contributed by atoms with E-state index in [4.69, 9.17) is 10.5 Å². The first kappa shape index (κ1) is 13.5. The van der Waals surface area contributed by atoms with Crippen LogP contribution in [0.3, 0.4) is 0 Å². The highest BCUT2D eigenvalue weighted by atomic mass is 16.5. The lowest BCUT2D eigenvalue weighted by molar-refractivity contribution is 0.0122. The van der Waals surface area contributed by atoms with Crippen LogP contribution in [0.5, 0.6) is 0 Å². The summed E-state index contributed by atoms with van der Waals surface area (Å²) >= 11 is 0. The lowest BCUT2D eigenvalue weighted by Crippen LogP contribution is -2.37. The van der Waals surface area contributed by atoms with Crippen molar-refractivity contribution in [2.45, 2.75) is 39.0 Å². The van der Waals surface area contributed by atoms with Crippen LogP contribution >= 0.6 is 0 Å². The number of aromatic nitrogens is 1. The maximum Gasteiger partial charge on any atom is 0.0599 e. The zero-order valence-electron chi connectivity index (χ0n) is 11.1. The van der Waals surface area contributed by atoms with E-state index in [9.17, 15) is 0 Å². The minimum Gasteiger partial charge on any atom is -0.378 e. The molecule has 1 aliphatic heterocycles. The van der Waals surface area contributed by atoms with Crippen LogP contribution in [0.4, 0.5) is 0 Å². The first-order chi connectivity index (χ1) is 8.83. The number of hydrogen-bond donors (Lipinski definition) is 1. The molecule has 100 valence electrons. The summed E-state index contributed by atoms with van der Waals surface area (Å²) in [5.74, 6) is 0. The van der Waals surface area contributed by atoms with E-state index in [0.717, 1.165) is 50.3 Å². The molecule has 0 aliphatic carbocycles. The van der Waals surface area contributed by atoms with Crippen LogP contribution in [0.2, 0.25) is 0 Å². The van der Waals surface area contributed by atoms with Crippen LogP contribution in [0.1, 0.15) is 31.0 Å². The number of nitrogens with zero attached hydrogens (tertiary/aromatic N) is 2. The molecular formula is C14H23N3O. The Hall–Kier alpha value is -0.970. The monoisotopic (exact) mass is 249 g/mol. The Labute approximate surface area is 109 Å². The molecule has 18 heavy (non-hydrogen) atoms. The summed E-state index contributed by atoms with van der Waals surface area (Å²) in [5.41, 5.74) is 8.02. The SMILES string of the molecule is CCOC1CCN(Cc2ncccc2CN)CC1. The molecule has 4 heteroatoms. The molecule has 2 heterocycles. The van der Waals surface area contributed by atoms with E-state index in [-0.39, 0.29) is 0 Å². The van der Waals surface area contributed by atoms with Gasteiger partial charge >= 0.3 is 0 Å². The van der Waals surface area contributed by atoms with Crippen LogP contribution in [0, 0.1) is 0 Å². The van der Waals surface area contributed by atoms with Gasteiger partial charge in [-0.2, -0.15) is 0 Å². The smallest absolute Gasteiger partial charge is 0.0599 e. The zero-order chi connectivity index (χ0) is 12.8. The molecule has 1 saturated heterocycles. The van der Waals surface area contributed by atoms with Crippen molar-refractivity contribution < 1.29 is 4.74 Å². The summed E-state index contributed by atoms with van der Waals surface area (Å²) in [6, 6.07) is 4.02. The van der Waals surface area contributed by atoms with E-state index in [0.29, 0.717) is 12.6 Å². The fourth-order valence-corrected chi connectivity index (χ4v) is 2.48. The second-order valence-corrected chi connectivity index (χ2v) is 4.74. The first-order valence-corrected chi connectivity index (χ1v) is 6.80. The van der Waals surface area contributed by atoms with Gasteiger partial charge in [0.1, 0.15) is 0 Å². The van der Waals surface area contributed by atoms with Crippen molar-refractivity contribution in [1.82, 2.24) is 9.88 Å². The Morgan fingerprint density at radius 3 is 2.89 bits per heavy atom. The van der Waals surface area contributed by atoms with E-state index >= 15 is 0 Å². The highest BCUT2D eigenvalue weighted by molar-refractivity contribution is 5.19. The molecule has 0 atom stereocenters. The molecule has 4 nitrogen and oxygen atoms in total. The Morgan fingerprint density at radius 2 is 2.22 bits per heavy atom. The van der Waals surface area contributed by atoms with E-state index < -0.39 is 0 Å². The first-order valence-electron chi connectivity index (χ1n) is 6.80. The summed E-state index contributed by atoms with van der Waals surface area (Å²) in [6.07, 6.45) is 4.54. The summed E-state index contributed by atoms with van der Waals surface area (Å²) in [5, 5.41) is 0. The molecule has 0 aromatic carbocycles. The summed E-state index contributed by atoms with van der Waals surface area (Å²) in [4.78, 5) is 6.89. The lowest BCUT2D eigenvalue weighted by atomic mass is 10.1. The molecule has 1 aromatic heterocycles. The number of hydrogen-bond acceptors (Lipinski definition) is 4. The largest absolute Gasteiger partial charge is 0.378 e. The number of ether oxygens (including phenoxy) is 1. The Balaban J connectivity index is 1.87. The average Bonchev–Trinajstić information content (AvgIpc) is 2.42. The number of nitrogens with two attached hydrogens (primary N) is 1. The van der Waals surface area contributed by atoms with E-state index in [1.54, 1.807) is 0 Å². The normalized spacial score (nSPS) is 18.1. The minimum atomic E-state index is 0.448. The van der Waals surface area contributed by atoms with Crippen molar-refractivity contribution >= 4 is 0 Å². The van der Waals surface area contributed by atoms with E-state index in [2.05, 4.69) is 22.9 Å². The van der Waals surface area contributed by atoms with E-state index in [1.165, 1.54) is 0 Å². The Kier molecular flexibility index (Phi) is 5.11. The van der Waals surface area contributed by atoms with Crippen molar-refractivity contribution in [2.24, 2.45) is 5.73 Å². The van der Waals surface area contributed by atoms with Gasteiger partial charge in [0.25, 0.3) is 0 Å². The maximum absolute atomic E-state index is 5.74. The molecule has 1 aliphatic rings. The fourth-order valence-electron chi connectivity index (χ4n) is 2.48. The van der Waals surface area contributed by atoms with Gasteiger partial charge in [-0.15, -0.1) is 0 Å². The third-order valence-electron chi connectivity index (χ3n) is 3.51. The van der Waals surface area contributed by atoms with Gasteiger partial charge in [0, 0.05) is 39.0 Å². The quantitative estimate of drug-likeness (QED) is 0.860. The number of rotatable bonds is 5. The Morgan fingerprint density at radius 1 is 1.44 bits per heavy atom. The minimum absolute atomic E-state index is 0.448. The van der Waals surface area contributed by atoms with Gasteiger partial charge in [0.15, 0.2) is 0 Å². The van der Waals surface area contributed by atoms with Crippen molar-refractivity contribution in [2.75, 3.05) is 19.7 Å². The van der Waals surface area contributed by atoms with Gasteiger partial charge < -0.3 is 10.5 Å². The molecule has 0 amide bonds. The van der Waals surface area contributed by atoms with Crippen LogP contribution < -0.4 is 5.73 Å². The lowest BCUT2D eigenvalue weighted by Gasteiger charge is -2.31. The predicted molar refractivity (Wildman–Crippen MR) is 72.1 cm³/mol. The zero-order valence-corrected chi connectivity index (χ0v) is 11.1. The van der Waals surface area contributed by atoms with Crippen molar-refractivity contribution in [1.29, 1.82) is 0 Å². The highest BCUT2D eigenvalue weighted by Gasteiger charge is 2.20. The second-order valence-electron chi connectivity index (χ2n) is 4.74. The third kappa shape index (κ3) is 3.51. The van der Waals surface area contributed by atoms with Crippen LogP contribution in [-0.2, 0) is 17.8 Å². The molecule has 0 spiro atoms. The average molecular weight is 249 g/mol. The number of piperidine rings is 1. The van der Waals surface area contributed by atoms with Crippen molar-refractivity contribution in [3.05, 3.63) is 29.6 Å². The van der Waals surface area contributed by atoms with Crippen LogP contribution in [0.15, 0.2) is 18.3 Å². The molecular weight excluding hydrogens is 226 g/mol. The van der Waals surface area contributed by atoms with Gasteiger partial charge in [-0.1, -0.05) is 6.07 Å². The van der Waals surface area contributed by atoms with Crippen LogP contribution in [0.25, 0.3) is 0 Å². The molecule has 0 bridgehead atoms. The molecule has 0 radical (unpaired) electrons. The van der Waals surface area contributed by atoms with Crippen LogP contribution in [-0.4, -0.2) is 35.7 Å². The topological polar surface area (TPSA) is 51.4 Å². The Bertz CT molecular complexity index is 362. The van der Waals surface area contributed by atoms with Gasteiger partial charge in [-0.05, 0) is 31.4 Å². The number of likely N-dealkylation sites (tertiary alicyclic amines) is 1. The molecule has 0 unspecified atom stereocenters. The van der Waals surface area contributed by atoms with Gasteiger partial charge in [-0.3, -0.25) is 9.88 Å². The standard InChI is InChI=1S/C14H23N3O/c1-2-18-13-5-8-17(9-6-13)11-14-12(10-15)4-3-7-16-14/h3-4,7,13H,2,5-6,8-11,15H2,1H3. The maximum atomic E-state index is 5.74. The van der Waals surface area contributed by atoms with Gasteiger partial charge in [0.05, 0.1) is 11.8 Å². The van der Waals surface area contributed by atoms with E-state index in [1.807, 2.05) is 12.3 Å². The van der Waals surface area contributed by atoms with Gasteiger partial charge in [0.2, 0.25) is 0 Å². The summed E-state index contributed by atoms with van der Waals surface area (Å²) in [6.45, 7) is 6.54. The molecule has 0 saturated carbocycles. The fraction of sp³-hybridized carbons (Fsp3) is 0.643. The molecule has 2 N–H and O–H groups in total. The van der Waals surface area contributed by atoms with Crippen molar-refractivity contribution in [3.63, 3.8) is 0 Å².